The van der Waals surface area contributed by atoms with Crippen molar-refractivity contribution in [3.8, 4) is 0 Å². The molecule has 0 aliphatic rings. The molecule has 0 aromatic heterocycles. The normalized spacial score (nSPS) is 12.2. The van der Waals surface area contributed by atoms with Crippen molar-refractivity contribution >= 4 is 27.6 Å². The van der Waals surface area contributed by atoms with Gasteiger partial charge in [-0.25, -0.2) is 4.79 Å². The van der Waals surface area contributed by atoms with E-state index in [2.05, 4.69) is 21.2 Å². The van der Waals surface area contributed by atoms with Crippen molar-refractivity contribution in [2.45, 2.75) is 25.9 Å². The molecule has 0 aliphatic carbocycles. The van der Waals surface area contributed by atoms with Crippen LogP contribution in [0.25, 0.3) is 0 Å². The number of anilines is 1. The van der Waals surface area contributed by atoms with E-state index in [0.717, 1.165) is 25.1 Å². The van der Waals surface area contributed by atoms with E-state index >= 15 is 0 Å². The highest BCUT2D eigenvalue weighted by molar-refractivity contribution is 9.10. The van der Waals surface area contributed by atoms with E-state index in [-0.39, 0.29) is 11.7 Å². The largest absolute Gasteiger partial charge is 0.478 e. The molecule has 0 saturated carbocycles. The quantitative estimate of drug-likeness (QED) is 0.707. The van der Waals surface area contributed by atoms with Crippen LogP contribution < -0.4 is 5.32 Å². The average Bonchev–Trinajstić information content (AvgIpc) is 2.23. The molecule has 1 unspecified atom stereocenters. The lowest BCUT2D eigenvalue weighted by Gasteiger charge is -2.08. The van der Waals surface area contributed by atoms with Crippen LogP contribution in [0.2, 0.25) is 0 Å². The van der Waals surface area contributed by atoms with E-state index in [4.69, 9.17) is 10.2 Å². The Labute approximate surface area is 109 Å². The first-order valence-electron chi connectivity index (χ1n) is 5.45. The molecule has 0 amide bonds. The number of hydrogen-bond acceptors (Lipinski definition) is 3. The van der Waals surface area contributed by atoms with Crippen LogP contribution in [0.1, 0.15) is 30.1 Å². The maximum Gasteiger partial charge on any atom is 0.336 e. The van der Waals surface area contributed by atoms with Crippen molar-refractivity contribution in [3.05, 3.63) is 28.2 Å². The highest BCUT2D eigenvalue weighted by Gasteiger charge is 2.08. The van der Waals surface area contributed by atoms with Crippen LogP contribution in [0.15, 0.2) is 22.7 Å². The number of carboxylic acid groups (broad SMARTS) is 1. The van der Waals surface area contributed by atoms with Crippen molar-refractivity contribution < 1.29 is 15.0 Å². The van der Waals surface area contributed by atoms with Crippen molar-refractivity contribution in [3.63, 3.8) is 0 Å². The van der Waals surface area contributed by atoms with Crippen LogP contribution in [0.4, 0.5) is 5.69 Å². The van der Waals surface area contributed by atoms with Gasteiger partial charge in [-0.2, -0.15) is 0 Å². The fourth-order valence-corrected chi connectivity index (χ4v) is 1.98. The molecule has 1 aromatic carbocycles. The van der Waals surface area contributed by atoms with Gasteiger partial charge >= 0.3 is 5.97 Å². The molecule has 0 radical (unpaired) electrons. The van der Waals surface area contributed by atoms with Gasteiger partial charge in [0.15, 0.2) is 0 Å². The lowest BCUT2D eigenvalue weighted by Crippen LogP contribution is -2.07. The fraction of sp³-hybridized carbons (Fsp3) is 0.417. The summed E-state index contributed by atoms with van der Waals surface area (Å²) in [5.74, 6) is -0.947. The predicted octanol–water partition coefficient (Wildman–Crippen LogP) is 2.72. The van der Waals surface area contributed by atoms with Gasteiger partial charge in [0.05, 0.1) is 11.7 Å². The van der Waals surface area contributed by atoms with E-state index < -0.39 is 5.97 Å². The number of aliphatic hydroxyl groups excluding tert-OH is 1. The Balaban J connectivity index is 2.50. The van der Waals surface area contributed by atoms with Crippen molar-refractivity contribution in [2.24, 2.45) is 0 Å². The van der Waals surface area contributed by atoms with E-state index in [1.165, 1.54) is 0 Å². The Morgan fingerprint density at radius 3 is 2.76 bits per heavy atom. The van der Waals surface area contributed by atoms with Gasteiger partial charge in [0.2, 0.25) is 0 Å². The number of benzene rings is 1. The Morgan fingerprint density at radius 2 is 2.24 bits per heavy atom. The van der Waals surface area contributed by atoms with Gasteiger partial charge in [-0.1, -0.05) is 0 Å². The molecule has 94 valence electrons. The number of nitrogens with one attached hydrogen (secondary N) is 1. The molecule has 0 saturated heterocycles. The third-order valence-electron chi connectivity index (χ3n) is 2.33. The zero-order valence-electron chi connectivity index (χ0n) is 9.61. The predicted molar refractivity (Wildman–Crippen MR) is 70.5 cm³/mol. The Hall–Kier alpha value is -1.07. The van der Waals surface area contributed by atoms with Gasteiger partial charge in [-0.3, -0.25) is 0 Å². The molecule has 1 rings (SSSR count). The third-order valence-corrected chi connectivity index (χ3v) is 2.98. The van der Waals surface area contributed by atoms with E-state index in [1.807, 2.05) is 0 Å². The van der Waals surface area contributed by atoms with E-state index in [1.54, 1.807) is 25.1 Å². The van der Waals surface area contributed by atoms with Gasteiger partial charge in [-0.05, 0) is 53.9 Å². The topological polar surface area (TPSA) is 69.6 Å². The first kappa shape index (κ1) is 14.0. The summed E-state index contributed by atoms with van der Waals surface area (Å²) >= 11 is 3.22. The van der Waals surface area contributed by atoms with Crippen LogP contribution in [0.3, 0.4) is 0 Å². The molecule has 0 bridgehead atoms. The molecule has 1 atom stereocenters. The molecule has 0 fully saturated rings. The second-order valence-corrected chi connectivity index (χ2v) is 4.77. The maximum atomic E-state index is 10.8. The Morgan fingerprint density at radius 1 is 1.53 bits per heavy atom. The van der Waals surface area contributed by atoms with Gasteiger partial charge in [0, 0.05) is 16.7 Å². The SMILES string of the molecule is CC(O)CCCNc1ccc(C(=O)O)c(Br)c1. The zero-order chi connectivity index (χ0) is 12.8. The highest BCUT2D eigenvalue weighted by atomic mass is 79.9. The standard InChI is InChI=1S/C12H16BrNO3/c1-8(15)3-2-6-14-9-4-5-10(12(16)17)11(13)7-9/h4-5,7-8,14-15H,2-3,6H2,1H3,(H,16,17). The molecule has 4 nitrogen and oxygen atoms in total. The molecular weight excluding hydrogens is 286 g/mol. The van der Waals surface area contributed by atoms with Crippen LogP contribution in [0.5, 0.6) is 0 Å². The Bertz CT molecular complexity index is 393. The number of aliphatic hydroxyl groups is 1. The lowest BCUT2D eigenvalue weighted by molar-refractivity contribution is 0.0696. The van der Waals surface area contributed by atoms with Gasteiger partial charge < -0.3 is 15.5 Å². The van der Waals surface area contributed by atoms with Crippen LogP contribution in [-0.4, -0.2) is 28.8 Å². The summed E-state index contributed by atoms with van der Waals surface area (Å²) in [6.07, 6.45) is 1.34. The maximum absolute atomic E-state index is 10.8. The smallest absolute Gasteiger partial charge is 0.336 e. The van der Waals surface area contributed by atoms with Crippen molar-refractivity contribution in [2.75, 3.05) is 11.9 Å². The molecule has 0 aliphatic heterocycles. The molecule has 5 heteroatoms. The fourth-order valence-electron chi connectivity index (χ4n) is 1.43. The van der Waals surface area contributed by atoms with Crippen LogP contribution in [0, 0.1) is 0 Å². The summed E-state index contributed by atoms with van der Waals surface area (Å²) in [4.78, 5) is 10.8. The number of halogens is 1. The molecular formula is C12H16BrNO3. The summed E-state index contributed by atoms with van der Waals surface area (Å²) in [5.41, 5.74) is 1.12. The Kier molecular flexibility index (Phi) is 5.44. The van der Waals surface area contributed by atoms with E-state index in [0.29, 0.717) is 4.47 Å². The third kappa shape index (κ3) is 4.75. The number of hydrogen-bond donors (Lipinski definition) is 3. The number of carboxylic acids is 1. The van der Waals surface area contributed by atoms with Crippen LogP contribution >= 0.6 is 15.9 Å². The number of carbonyl (C=O) groups is 1. The zero-order valence-corrected chi connectivity index (χ0v) is 11.2. The monoisotopic (exact) mass is 301 g/mol. The number of aromatic carboxylic acids is 1. The van der Waals surface area contributed by atoms with Gasteiger partial charge in [-0.15, -0.1) is 0 Å². The first-order valence-corrected chi connectivity index (χ1v) is 6.25. The minimum atomic E-state index is -0.947. The summed E-state index contributed by atoms with van der Waals surface area (Å²) in [6, 6.07) is 5.03. The summed E-state index contributed by atoms with van der Waals surface area (Å²) in [5, 5.41) is 21.1. The first-order chi connectivity index (χ1) is 8.00. The van der Waals surface area contributed by atoms with Gasteiger partial charge in [0.1, 0.15) is 0 Å². The average molecular weight is 302 g/mol. The van der Waals surface area contributed by atoms with Gasteiger partial charge in [0.25, 0.3) is 0 Å². The van der Waals surface area contributed by atoms with Crippen molar-refractivity contribution in [1.82, 2.24) is 0 Å². The number of rotatable bonds is 6. The lowest BCUT2D eigenvalue weighted by atomic mass is 10.2. The summed E-state index contributed by atoms with van der Waals surface area (Å²) in [7, 11) is 0. The molecule has 17 heavy (non-hydrogen) atoms. The minimum Gasteiger partial charge on any atom is -0.478 e. The highest BCUT2D eigenvalue weighted by Crippen LogP contribution is 2.21. The minimum absolute atomic E-state index is 0.250. The second-order valence-electron chi connectivity index (χ2n) is 3.92. The molecule has 3 N–H and O–H groups in total. The van der Waals surface area contributed by atoms with Crippen LogP contribution in [-0.2, 0) is 0 Å². The molecule has 0 spiro atoms. The summed E-state index contributed by atoms with van der Waals surface area (Å²) in [6.45, 7) is 2.52. The molecule has 1 aromatic rings. The summed E-state index contributed by atoms with van der Waals surface area (Å²) < 4.78 is 0.561. The second kappa shape index (κ2) is 6.61. The van der Waals surface area contributed by atoms with Crippen molar-refractivity contribution in [1.29, 1.82) is 0 Å². The van der Waals surface area contributed by atoms with E-state index in [9.17, 15) is 4.79 Å². The molecule has 0 heterocycles.